The monoisotopic (exact) mass is 469 g/mol. The fourth-order valence-electron chi connectivity index (χ4n) is 10.5. The van der Waals surface area contributed by atoms with Crippen molar-refractivity contribution in [3.8, 4) is 22.3 Å². The molecule has 0 heterocycles. The first-order valence-corrected chi connectivity index (χ1v) is 13.5. The van der Waals surface area contributed by atoms with Gasteiger partial charge in [-0.3, -0.25) is 10.1 Å². The minimum absolute atomic E-state index is 0.00591. The maximum Gasteiger partial charge on any atom is 0.277 e. The van der Waals surface area contributed by atoms with Crippen LogP contribution in [0.2, 0.25) is 0 Å². The lowest BCUT2D eigenvalue weighted by atomic mass is 9.38. The molecule has 36 heavy (non-hydrogen) atoms. The summed E-state index contributed by atoms with van der Waals surface area (Å²) in [5.74, 6) is 3.07. The van der Waals surface area contributed by atoms with E-state index in [0.29, 0.717) is 17.3 Å². The van der Waals surface area contributed by atoms with Gasteiger partial charge in [0.25, 0.3) is 5.69 Å². The summed E-state index contributed by atoms with van der Waals surface area (Å²) in [5.41, 5.74) is 8.17. The molecule has 4 atom stereocenters. The summed E-state index contributed by atoms with van der Waals surface area (Å²) >= 11 is 0. The highest BCUT2D eigenvalue weighted by atomic mass is 16.6. The maximum atomic E-state index is 12.4. The van der Waals surface area contributed by atoms with E-state index >= 15 is 0 Å². The van der Waals surface area contributed by atoms with E-state index in [9.17, 15) is 10.1 Å². The fraction of sp³-hybridized carbons (Fsp3) is 0.333. The largest absolute Gasteiger partial charge is 0.277 e. The van der Waals surface area contributed by atoms with Crippen LogP contribution in [0.25, 0.3) is 33.0 Å². The van der Waals surface area contributed by atoms with Crippen molar-refractivity contribution in [3.63, 3.8) is 0 Å². The second kappa shape index (κ2) is 6.26. The van der Waals surface area contributed by atoms with Crippen molar-refractivity contribution in [1.29, 1.82) is 0 Å². The van der Waals surface area contributed by atoms with Gasteiger partial charge in [-0.15, -0.1) is 0 Å². The Kier molecular flexibility index (Phi) is 3.43. The maximum absolute atomic E-state index is 12.4. The molecule has 0 radical (unpaired) electrons. The summed E-state index contributed by atoms with van der Waals surface area (Å²) in [7, 11) is 0. The van der Waals surface area contributed by atoms with E-state index in [1.807, 2.05) is 18.2 Å². The third-order valence-corrected chi connectivity index (χ3v) is 11.1. The molecular weight excluding hydrogens is 442 g/mol. The molecule has 0 N–H and O–H groups in total. The molecule has 0 saturated heterocycles. The number of benzene rings is 4. The topological polar surface area (TPSA) is 43.1 Å². The van der Waals surface area contributed by atoms with E-state index in [0.717, 1.165) is 33.7 Å². The standard InChI is InChI=1S/C33H27NO2/c35-34(36)28-16-22-7-2-1-6-21(22)15-26(28)25-10-5-9-24-23-8-3-4-11-27(23)33(31(24)25)29-13-19-12-20-14-30(33)32(29,17-19)18-20/h1-11,15-16,19-20,29-30H,12-14,17-18H2. The van der Waals surface area contributed by atoms with E-state index in [-0.39, 0.29) is 16.0 Å². The van der Waals surface area contributed by atoms with Crippen LogP contribution in [0.4, 0.5) is 5.69 Å². The smallest absolute Gasteiger partial charge is 0.258 e. The zero-order chi connectivity index (χ0) is 23.8. The first kappa shape index (κ1) is 19.7. The second-order valence-electron chi connectivity index (χ2n) is 12.3. The summed E-state index contributed by atoms with van der Waals surface area (Å²) in [5, 5.41) is 14.4. The van der Waals surface area contributed by atoms with Gasteiger partial charge in [0.05, 0.1) is 10.5 Å². The van der Waals surface area contributed by atoms with Crippen LogP contribution in [0.3, 0.4) is 0 Å². The molecule has 4 aromatic carbocycles. The third kappa shape index (κ3) is 2.03. The quantitative estimate of drug-likeness (QED) is 0.220. The molecular formula is C33H27NO2. The molecule has 5 aliphatic rings. The number of nitrogens with zero attached hydrogens (tertiary/aromatic N) is 1. The van der Waals surface area contributed by atoms with Crippen LogP contribution >= 0.6 is 0 Å². The van der Waals surface area contributed by atoms with Crippen LogP contribution in [0.5, 0.6) is 0 Å². The second-order valence-corrected chi connectivity index (χ2v) is 12.3. The summed E-state index contributed by atoms with van der Waals surface area (Å²) in [6.45, 7) is 0. The average Bonchev–Trinajstić information content (AvgIpc) is 3.43. The van der Waals surface area contributed by atoms with Crippen molar-refractivity contribution >= 4 is 16.5 Å². The third-order valence-electron chi connectivity index (χ3n) is 11.1. The lowest BCUT2D eigenvalue weighted by Gasteiger charge is -2.64. The predicted octanol–water partition coefficient (Wildman–Crippen LogP) is 8.14. The number of fused-ring (bicyclic) bond motifs is 10. The Labute approximate surface area is 210 Å². The van der Waals surface area contributed by atoms with E-state index in [2.05, 4.69) is 54.6 Å². The van der Waals surface area contributed by atoms with E-state index in [1.54, 1.807) is 6.07 Å². The van der Waals surface area contributed by atoms with E-state index in [1.165, 1.54) is 54.4 Å². The minimum Gasteiger partial charge on any atom is -0.258 e. The van der Waals surface area contributed by atoms with Gasteiger partial charge in [0, 0.05) is 11.5 Å². The van der Waals surface area contributed by atoms with Gasteiger partial charge in [-0.2, -0.15) is 0 Å². The Morgan fingerprint density at radius 2 is 1.31 bits per heavy atom. The molecule has 0 amide bonds. The zero-order valence-electron chi connectivity index (χ0n) is 20.1. The summed E-state index contributed by atoms with van der Waals surface area (Å²) < 4.78 is 0. The van der Waals surface area contributed by atoms with Crippen molar-refractivity contribution in [1.82, 2.24) is 0 Å². The predicted molar refractivity (Wildman–Crippen MR) is 142 cm³/mol. The zero-order valence-corrected chi connectivity index (χ0v) is 20.1. The minimum atomic E-state index is -0.179. The number of nitro groups is 1. The highest BCUT2D eigenvalue weighted by Crippen LogP contribution is 2.85. The Bertz CT molecular complexity index is 1630. The molecule has 4 saturated carbocycles. The molecule has 2 spiro atoms. The van der Waals surface area contributed by atoms with E-state index < -0.39 is 0 Å². The molecule has 4 unspecified atom stereocenters. The molecule has 3 nitrogen and oxygen atoms in total. The van der Waals surface area contributed by atoms with Crippen LogP contribution in [0.15, 0.2) is 78.9 Å². The van der Waals surface area contributed by atoms with Crippen molar-refractivity contribution in [2.75, 3.05) is 0 Å². The van der Waals surface area contributed by atoms with E-state index in [4.69, 9.17) is 0 Å². The van der Waals surface area contributed by atoms with Crippen LogP contribution in [-0.4, -0.2) is 4.92 Å². The SMILES string of the molecule is O=[N+]([O-])c1cc2ccccc2cc1-c1cccc2c1C1(c3ccccc3-2)C2CC3CC4CC1C2(C3)C4. The Morgan fingerprint density at radius 3 is 2.03 bits per heavy atom. The number of rotatable bonds is 2. The van der Waals surface area contributed by atoms with Crippen molar-refractivity contribution in [2.24, 2.45) is 29.1 Å². The number of hydrogen-bond donors (Lipinski definition) is 0. The van der Waals surface area contributed by atoms with Gasteiger partial charge in [-0.05, 0) is 106 Å². The van der Waals surface area contributed by atoms with Gasteiger partial charge in [0.1, 0.15) is 0 Å². The summed E-state index contributed by atoms with van der Waals surface area (Å²) in [6, 6.07) is 27.5. The van der Waals surface area contributed by atoms with Crippen molar-refractivity contribution < 1.29 is 4.92 Å². The summed E-state index contributed by atoms with van der Waals surface area (Å²) in [4.78, 5) is 12.2. The van der Waals surface area contributed by atoms with Gasteiger partial charge in [0.15, 0.2) is 0 Å². The van der Waals surface area contributed by atoms with Gasteiger partial charge in [-0.1, -0.05) is 66.7 Å². The number of nitro benzene ring substituents is 1. The van der Waals surface area contributed by atoms with Crippen LogP contribution < -0.4 is 0 Å². The molecule has 4 aromatic rings. The highest BCUT2D eigenvalue weighted by Gasteiger charge is 2.79. The molecule has 4 fully saturated rings. The van der Waals surface area contributed by atoms with Crippen molar-refractivity contribution in [2.45, 2.75) is 37.5 Å². The summed E-state index contributed by atoms with van der Waals surface area (Å²) in [6.07, 6.45) is 6.91. The Morgan fingerprint density at radius 1 is 0.694 bits per heavy atom. The lowest BCUT2D eigenvalue weighted by Crippen LogP contribution is -2.62. The molecule has 3 bridgehead atoms. The van der Waals surface area contributed by atoms with Crippen LogP contribution in [-0.2, 0) is 5.41 Å². The molecule has 9 rings (SSSR count). The average molecular weight is 470 g/mol. The molecule has 3 heteroatoms. The van der Waals surface area contributed by atoms with Gasteiger partial charge < -0.3 is 0 Å². The lowest BCUT2D eigenvalue weighted by molar-refractivity contribution is -0.384. The fourth-order valence-corrected chi connectivity index (χ4v) is 10.5. The normalized spacial score (nSPS) is 34.0. The Balaban J connectivity index is 1.38. The van der Waals surface area contributed by atoms with Crippen LogP contribution in [0, 0.1) is 39.2 Å². The van der Waals surface area contributed by atoms with Gasteiger partial charge >= 0.3 is 0 Å². The first-order valence-electron chi connectivity index (χ1n) is 13.5. The molecule has 0 aliphatic heterocycles. The first-order chi connectivity index (χ1) is 17.6. The van der Waals surface area contributed by atoms with Crippen LogP contribution in [0.1, 0.15) is 43.2 Å². The highest BCUT2D eigenvalue weighted by molar-refractivity contribution is 5.97. The van der Waals surface area contributed by atoms with Gasteiger partial charge in [-0.25, -0.2) is 0 Å². The van der Waals surface area contributed by atoms with Crippen molar-refractivity contribution in [3.05, 3.63) is 100 Å². The molecule has 0 aromatic heterocycles. The molecule has 176 valence electrons. The van der Waals surface area contributed by atoms with Gasteiger partial charge in [0.2, 0.25) is 0 Å². The molecule has 5 aliphatic carbocycles. The number of hydrogen-bond acceptors (Lipinski definition) is 2. The Hall–Kier alpha value is -3.46.